The lowest BCUT2D eigenvalue weighted by Crippen LogP contribution is -2.38. The molecule has 0 bridgehead atoms. The number of sulfonamides is 1. The molecule has 1 fully saturated rings. The van der Waals surface area contributed by atoms with Crippen LogP contribution < -0.4 is 4.90 Å². The lowest BCUT2D eigenvalue weighted by Gasteiger charge is -2.27. The van der Waals surface area contributed by atoms with E-state index in [9.17, 15) is 18.5 Å². The minimum atomic E-state index is -3.80. The number of ether oxygens (including phenoxy) is 1. The van der Waals surface area contributed by atoms with Crippen molar-refractivity contribution in [2.75, 3.05) is 44.3 Å². The molecule has 170 valence electrons. The first-order valence-corrected chi connectivity index (χ1v) is 12.3. The summed E-state index contributed by atoms with van der Waals surface area (Å²) in [5.74, 6) is 0.691. The second-order valence-corrected chi connectivity index (χ2v) is 9.65. The summed E-state index contributed by atoms with van der Waals surface area (Å²) in [6.45, 7) is 9.16. The van der Waals surface area contributed by atoms with E-state index < -0.39 is 14.9 Å². The van der Waals surface area contributed by atoms with Gasteiger partial charge in [-0.05, 0) is 30.8 Å². The Balaban J connectivity index is 1.95. The van der Waals surface area contributed by atoms with Crippen LogP contribution in [0, 0.1) is 10.1 Å². The summed E-state index contributed by atoms with van der Waals surface area (Å²) in [6, 6.07) is 3.98. The number of nitro benzene ring substituents is 1. The highest BCUT2D eigenvalue weighted by molar-refractivity contribution is 7.99. The van der Waals surface area contributed by atoms with Crippen LogP contribution in [0.5, 0.6) is 0 Å². The number of rotatable bonds is 9. The van der Waals surface area contributed by atoms with Crippen LogP contribution >= 0.6 is 11.8 Å². The molecule has 13 heteroatoms. The van der Waals surface area contributed by atoms with Crippen LogP contribution in [0.25, 0.3) is 0 Å². The number of anilines is 1. The van der Waals surface area contributed by atoms with Crippen LogP contribution in [0.3, 0.4) is 0 Å². The monoisotopic (exact) mass is 470 g/mol. The Hall–Kier alpha value is -2.22. The van der Waals surface area contributed by atoms with Gasteiger partial charge in [0.1, 0.15) is 0 Å². The largest absolute Gasteiger partial charge is 0.378 e. The van der Waals surface area contributed by atoms with Crippen molar-refractivity contribution in [3.8, 4) is 0 Å². The highest BCUT2D eigenvalue weighted by Crippen LogP contribution is 2.37. The van der Waals surface area contributed by atoms with Gasteiger partial charge < -0.3 is 9.64 Å². The molecule has 0 unspecified atom stereocenters. The van der Waals surface area contributed by atoms with Crippen molar-refractivity contribution in [3.63, 3.8) is 0 Å². The predicted octanol–water partition coefficient (Wildman–Crippen LogP) is 2.22. The quantitative estimate of drug-likeness (QED) is 0.401. The van der Waals surface area contributed by atoms with Crippen molar-refractivity contribution in [2.24, 2.45) is 0 Å². The summed E-state index contributed by atoms with van der Waals surface area (Å²) in [6.07, 6.45) is 0. The molecule has 1 aliphatic rings. The molecule has 3 rings (SSSR count). The summed E-state index contributed by atoms with van der Waals surface area (Å²) < 4.78 is 34.1. The van der Waals surface area contributed by atoms with Crippen LogP contribution in [0.1, 0.15) is 20.8 Å². The molecule has 0 radical (unpaired) electrons. The fraction of sp³-hybridized carbons (Fsp3) is 0.556. The van der Waals surface area contributed by atoms with Gasteiger partial charge in [-0.3, -0.25) is 14.7 Å². The van der Waals surface area contributed by atoms with Gasteiger partial charge in [-0.25, -0.2) is 8.42 Å². The number of nitro groups is 1. The molecule has 0 aliphatic carbocycles. The molecular formula is C18H26N6O5S2. The Morgan fingerprint density at radius 3 is 2.45 bits per heavy atom. The minimum Gasteiger partial charge on any atom is -0.378 e. The zero-order valence-corrected chi connectivity index (χ0v) is 19.4. The summed E-state index contributed by atoms with van der Waals surface area (Å²) in [5.41, 5.74) is -0.281. The van der Waals surface area contributed by atoms with Crippen LogP contribution in [0.15, 0.2) is 33.1 Å². The Morgan fingerprint density at radius 2 is 1.87 bits per heavy atom. The maximum Gasteiger partial charge on any atom is 0.284 e. The van der Waals surface area contributed by atoms with E-state index in [1.54, 1.807) is 13.8 Å². The molecule has 2 heterocycles. The number of morpholine rings is 1. The highest BCUT2D eigenvalue weighted by atomic mass is 32.2. The lowest BCUT2D eigenvalue weighted by molar-refractivity contribution is -0.388. The van der Waals surface area contributed by atoms with Crippen LogP contribution in [-0.2, 0) is 21.3 Å². The SMILES string of the molecule is CCN(CC)S(=O)(=O)c1ccc(Sc2nnc(N3CCOCC3)n2CC)c([N+](=O)[O-])c1. The first-order valence-electron chi connectivity index (χ1n) is 10.1. The van der Waals surface area contributed by atoms with Crippen molar-refractivity contribution in [2.45, 2.75) is 42.3 Å². The van der Waals surface area contributed by atoms with Crippen molar-refractivity contribution in [1.29, 1.82) is 0 Å². The van der Waals surface area contributed by atoms with Gasteiger partial charge in [0.2, 0.25) is 16.0 Å². The van der Waals surface area contributed by atoms with Gasteiger partial charge in [0.15, 0.2) is 5.16 Å². The molecule has 0 N–H and O–H groups in total. The molecule has 0 atom stereocenters. The van der Waals surface area contributed by atoms with E-state index >= 15 is 0 Å². The zero-order chi connectivity index (χ0) is 22.6. The summed E-state index contributed by atoms with van der Waals surface area (Å²) in [5, 5.41) is 20.7. The maximum absolute atomic E-state index is 12.8. The van der Waals surface area contributed by atoms with Gasteiger partial charge in [0.25, 0.3) is 5.69 Å². The van der Waals surface area contributed by atoms with Crippen molar-refractivity contribution >= 4 is 33.4 Å². The number of benzene rings is 1. The third-order valence-corrected chi connectivity index (χ3v) is 8.07. The molecular weight excluding hydrogens is 444 g/mol. The average molecular weight is 471 g/mol. The molecule has 0 amide bonds. The summed E-state index contributed by atoms with van der Waals surface area (Å²) in [7, 11) is -3.80. The van der Waals surface area contributed by atoms with Crippen LogP contribution in [0.2, 0.25) is 0 Å². The molecule has 1 aliphatic heterocycles. The van der Waals surface area contributed by atoms with E-state index in [4.69, 9.17) is 4.74 Å². The fourth-order valence-electron chi connectivity index (χ4n) is 3.33. The van der Waals surface area contributed by atoms with E-state index in [-0.39, 0.29) is 23.7 Å². The Bertz CT molecular complexity index is 1030. The van der Waals surface area contributed by atoms with Crippen molar-refractivity contribution in [1.82, 2.24) is 19.1 Å². The van der Waals surface area contributed by atoms with Crippen molar-refractivity contribution < 1.29 is 18.1 Å². The Kier molecular flexibility index (Phi) is 7.51. The molecule has 2 aromatic rings. The van der Waals surface area contributed by atoms with E-state index in [1.165, 1.54) is 16.4 Å². The molecule has 0 spiro atoms. The second-order valence-electron chi connectivity index (χ2n) is 6.70. The van der Waals surface area contributed by atoms with Crippen LogP contribution in [0.4, 0.5) is 11.6 Å². The number of aromatic nitrogens is 3. The van der Waals surface area contributed by atoms with Gasteiger partial charge in [-0.15, -0.1) is 10.2 Å². The second kappa shape index (κ2) is 9.94. The lowest BCUT2D eigenvalue weighted by atomic mass is 10.3. The standard InChI is InChI=1S/C18H26N6O5S2/c1-4-22(5-2)31(27,28)14-7-8-16(15(13-14)24(25)26)30-18-20-19-17(23(18)6-3)21-9-11-29-12-10-21/h7-8,13H,4-6,9-12H2,1-3H3. The maximum atomic E-state index is 12.8. The zero-order valence-electron chi connectivity index (χ0n) is 17.7. The van der Waals surface area contributed by atoms with Crippen molar-refractivity contribution in [3.05, 3.63) is 28.3 Å². The third kappa shape index (κ3) is 4.84. The summed E-state index contributed by atoms with van der Waals surface area (Å²) in [4.78, 5) is 13.4. The molecule has 11 nitrogen and oxygen atoms in total. The number of nitrogens with zero attached hydrogens (tertiary/aromatic N) is 6. The molecule has 1 saturated heterocycles. The third-order valence-electron chi connectivity index (χ3n) is 4.98. The van der Waals surface area contributed by atoms with Gasteiger partial charge in [0.05, 0.1) is 27.9 Å². The number of hydrogen-bond donors (Lipinski definition) is 0. The highest BCUT2D eigenvalue weighted by Gasteiger charge is 2.27. The smallest absolute Gasteiger partial charge is 0.284 e. The summed E-state index contributed by atoms with van der Waals surface area (Å²) >= 11 is 1.10. The first kappa shape index (κ1) is 23.4. The predicted molar refractivity (Wildman–Crippen MR) is 116 cm³/mol. The topological polar surface area (TPSA) is 124 Å². The van der Waals surface area contributed by atoms with E-state index in [1.807, 2.05) is 11.5 Å². The Morgan fingerprint density at radius 1 is 1.19 bits per heavy atom. The van der Waals surface area contributed by atoms with Gasteiger partial charge >= 0.3 is 0 Å². The van der Waals surface area contributed by atoms with E-state index in [2.05, 4.69) is 15.1 Å². The minimum absolute atomic E-state index is 0.0989. The Labute approximate surface area is 185 Å². The molecule has 0 saturated carbocycles. The van der Waals surface area contributed by atoms with E-state index in [0.717, 1.165) is 17.8 Å². The van der Waals surface area contributed by atoms with Gasteiger partial charge in [-0.2, -0.15) is 4.31 Å². The molecule has 1 aromatic carbocycles. The molecule has 31 heavy (non-hydrogen) atoms. The van der Waals surface area contributed by atoms with Gasteiger partial charge in [-0.1, -0.05) is 13.8 Å². The number of hydrogen-bond acceptors (Lipinski definition) is 9. The normalized spacial score (nSPS) is 14.9. The van der Waals surface area contributed by atoms with Crippen LogP contribution in [-0.4, -0.2) is 71.8 Å². The molecule has 1 aromatic heterocycles. The van der Waals surface area contributed by atoms with Gasteiger partial charge in [0, 0.05) is 38.8 Å². The fourth-order valence-corrected chi connectivity index (χ4v) is 5.78. The average Bonchev–Trinajstić information content (AvgIpc) is 3.17. The van der Waals surface area contributed by atoms with E-state index in [0.29, 0.717) is 48.8 Å². The first-order chi connectivity index (χ1) is 14.8.